The van der Waals surface area contributed by atoms with Crippen LogP contribution in [0.15, 0.2) is 0 Å². The van der Waals surface area contributed by atoms with Gasteiger partial charge in [0.05, 0.1) is 0 Å². The minimum Gasteiger partial charge on any atom is -0.314 e. The predicted molar refractivity (Wildman–Crippen MR) is 54.6 cm³/mol. The van der Waals surface area contributed by atoms with E-state index in [2.05, 4.69) is 19.2 Å². The number of hydrogen-bond donors (Lipinski definition) is 1. The number of alkyl halides is 1. The van der Waals surface area contributed by atoms with E-state index in [0.29, 0.717) is 12.5 Å². The maximum absolute atomic E-state index is 14.0. The normalized spacial score (nSPS) is 29.5. The Balaban J connectivity index is 2.17. The first kappa shape index (κ1) is 11.0. The van der Waals surface area contributed by atoms with E-state index in [1.807, 2.05) is 0 Å². The largest absolute Gasteiger partial charge is 0.314 e. The van der Waals surface area contributed by atoms with Gasteiger partial charge in [0.15, 0.2) is 0 Å². The zero-order valence-electron chi connectivity index (χ0n) is 8.91. The van der Waals surface area contributed by atoms with E-state index in [1.165, 1.54) is 0 Å². The quantitative estimate of drug-likeness (QED) is 0.713. The molecule has 1 aliphatic heterocycles. The molecule has 0 aromatic heterocycles. The number of nitrogens with one attached hydrogen (secondary N) is 1. The van der Waals surface area contributed by atoms with Crippen molar-refractivity contribution in [2.24, 2.45) is 5.92 Å². The lowest BCUT2D eigenvalue weighted by molar-refractivity contribution is 0.106. The molecule has 0 radical (unpaired) electrons. The third-order valence-corrected chi connectivity index (χ3v) is 2.83. The van der Waals surface area contributed by atoms with Gasteiger partial charge in [-0.1, -0.05) is 20.3 Å². The molecule has 78 valence electrons. The molecule has 0 aliphatic carbocycles. The van der Waals surface area contributed by atoms with Gasteiger partial charge in [0.2, 0.25) is 0 Å². The Morgan fingerprint density at radius 3 is 2.77 bits per heavy atom. The highest BCUT2D eigenvalue weighted by molar-refractivity contribution is 4.85. The van der Waals surface area contributed by atoms with Crippen LogP contribution in [-0.4, -0.2) is 18.8 Å². The summed E-state index contributed by atoms with van der Waals surface area (Å²) in [6, 6.07) is 0. The van der Waals surface area contributed by atoms with Crippen LogP contribution in [-0.2, 0) is 0 Å². The van der Waals surface area contributed by atoms with Gasteiger partial charge < -0.3 is 5.32 Å². The van der Waals surface area contributed by atoms with Gasteiger partial charge in [-0.15, -0.1) is 0 Å². The fourth-order valence-electron chi connectivity index (χ4n) is 1.97. The maximum atomic E-state index is 14.0. The summed E-state index contributed by atoms with van der Waals surface area (Å²) in [5.74, 6) is 0.708. The highest BCUT2D eigenvalue weighted by Crippen LogP contribution is 2.27. The minimum atomic E-state index is -0.896. The van der Waals surface area contributed by atoms with Crippen molar-refractivity contribution in [3.8, 4) is 0 Å². The summed E-state index contributed by atoms with van der Waals surface area (Å²) < 4.78 is 14.0. The lowest BCUT2D eigenvalue weighted by atomic mass is 9.89. The van der Waals surface area contributed by atoms with Crippen LogP contribution in [0.1, 0.15) is 46.0 Å². The fraction of sp³-hybridized carbons (Fsp3) is 1.00. The third-order valence-electron chi connectivity index (χ3n) is 2.83. The molecule has 0 amide bonds. The van der Waals surface area contributed by atoms with Gasteiger partial charge in [0.1, 0.15) is 5.67 Å². The third kappa shape index (κ3) is 4.08. The van der Waals surface area contributed by atoms with Crippen molar-refractivity contribution in [3.05, 3.63) is 0 Å². The molecule has 2 heteroatoms. The predicted octanol–water partition coefficient (Wildman–Crippen LogP) is 2.90. The van der Waals surface area contributed by atoms with Crippen molar-refractivity contribution >= 4 is 0 Å². The molecule has 0 aromatic carbocycles. The molecule has 0 spiro atoms. The maximum Gasteiger partial charge on any atom is 0.123 e. The van der Waals surface area contributed by atoms with Gasteiger partial charge >= 0.3 is 0 Å². The van der Waals surface area contributed by atoms with Crippen LogP contribution < -0.4 is 5.32 Å². The first-order valence-electron chi connectivity index (χ1n) is 5.52. The molecule has 1 atom stereocenters. The van der Waals surface area contributed by atoms with Crippen molar-refractivity contribution in [1.29, 1.82) is 0 Å². The second-order valence-corrected chi connectivity index (χ2v) is 4.72. The van der Waals surface area contributed by atoms with Crippen molar-refractivity contribution in [2.45, 2.75) is 51.6 Å². The summed E-state index contributed by atoms with van der Waals surface area (Å²) in [7, 11) is 0. The van der Waals surface area contributed by atoms with Crippen LogP contribution in [0.25, 0.3) is 0 Å². The van der Waals surface area contributed by atoms with Crippen LogP contribution in [0.3, 0.4) is 0 Å². The Morgan fingerprint density at radius 2 is 2.23 bits per heavy atom. The average molecular weight is 187 g/mol. The smallest absolute Gasteiger partial charge is 0.123 e. The number of hydrogen-bond acceptors (Lipinski definition) is 1. The lowest BCUT2D eigenvalue weighted by Gasteiger charge is -2.30. The average Bonchev–Trinajstić information content (AvgIpc) is 2.04. The monoisotopic (exact) mass is 187 g/mol. The fourth-order valence-corrected chi connectivity index (χ4v) is 1.97. The van der Waals surface area contributed by atoms with Gasteiger partial charge in [-0.05, 0) is 38.1 Å². The van der Waals surface area contributed by atoms with Gasteiger partial charge in [-0.3, -0.25) is 0 Å². The van der Waals surface area contributed by atoms with E-state index in [-0.39, 0.29) is 0 Å². The molecule has 1 saturated heterocycles. The Bertz CT molecular complexity index is 139. The van der Waals surface area contributed by atoms with Crippen LogP contribution in [0, 0.1) is 5.92 Å². The molecule has 1 heterocycles. The molecule has 0 bridgehead atoms. The first-order valence-corrected chi connectivity index (χ1v) is 5.52. The second-order valence-electron chi connectivity index (χ2n) is 4.72. The van der Waals surface area contributed by atoms with E-state index in [4.69, 9.17) is 0 Å². The summed E-state index contributed by atoms with van der Waals surface area (Å²) in [6.07, 6.45) is 4.70. The zero-order valence-corrected chi connectivity index (χ0v) is 8.91. The van der Waals surface area contributed by atoms with Crippen molar-refractivity contribution in [1.82, 2.24) is 5.32 Å². The summed E-state index contributed by atoms with van der Waals surface area (Å²) >= 11 is 0. The van der Waals surface area contributed by atoms with Crippen molar-refractivity contribution < 1.29 is 4.39 Å². The molecule has 0 saturated carbocycles. The molecule has 1 rings (SSSR count). The topological polar surface area (TPSA) is 12.0 Å². The van der Waals surface area contributed by atoms with Gasteiger partial charge in [-0.25, -0.2) is 4.39 Å². The summed E-state index contributed by atoms with van der Waals surface area (Å²) in [6.45, 7) is 5.97. The van der Waals surface area contributed by atoms with Crippen LogP contribution in [0.2, 0.25) is 0 Å². The van der Waals surface area contributed by atoms with E-state index in [1.54, 1.807) is 0 Å². The SMILES string of the molecule is CC(C)CCCC1(F)CCCNC1. The molecular formula is C11H22FN. The van der Waals surface area contributed by atoms with E-state index in [0.717, 1.165) is 38.6 Å². The number of piperidine rings is 1. The number of halogens is 1. The zero-order chi connectivity index (χ0) is 9.73. The lowest BCUT2D eigenvalue weighted by Crippen LogP contribution is -2.42. The summed E-state index contributed by atoms with van der Waals surface area (Å²) in [5, 5.41) is 3.14. The van der Waals surface area contributed by atoms with Gasteiger partial charge in [0, 0.05) is 6.54 Å². The Kier molecular flexibility index (Phi) is 4.17. The van der Waals surface area contributed by atoms with Gasteiger partial charge in [-0.2, -0.15) is 0 Å². The van der Waals surface area contributed by atoms with Crippen LogP contribution in [0.4, 0.5) is 4.39 Å². The second kappa shape index (κ2) is 4.94. The highest BCUT2D eigenvalue weighted by Gasteiger charge is 2.30. The van der Waals surface area contributed by atoms with E-state index < -0.39 is 5.67 Å². The van der Waals surface area contributed by atoms with Crippen LogP contribution in [0.5, 0.6) is 0 Å². The Morgan fingerprint density at radius 1 is 1.46 bits per heavy atom. The highest BCUT2D eigenvalue weighted by atomic mass is 19.1. The van der Waals surface area contributed by atoms with Crippen LogP contribution >= 0.6 is 0 Å². The molecule has 1 N–H and O–H groups in total. The van der Waals surface area contributed by atoms with Crippen molar-refractivity contribution in [2.75, 3.05) is 13.1 Å². The van der Waals surface area contributed by atoms with E-state index in [9.17, 15) is 4.39 Å². The summed E-state index contributed by atoms with van der Waals surface area (Å²) in [5.41, 5.74) is -0.896. The Hall–Kier alpha value is -0.110. The molecule has 1 unspecified atom stereocenters. The molecule has 1 fully saturated rings. The van der Waals surface area contributed by atoms with E-state index >= 15 is 0 Å². The summed E-state index contributed by atoms with van der Waals surface area (Å²) in [4.78, 5) is 0. The van der Waals surface area contributed by atoms with Crippen molar-refractivity contribution in [3.63, 3.8) is 0 Å². The molecule has 1 aliphatic rings. The molecule has 13 heavy (non-hydrogen) atoms. The van der Waals surface area contributed by atoms with Gasteiger partial charge in [0.25, 0.3) is 0 Å². The minimum absolute atomic E-state index is 0.574. The first-order chi connectivity index (χ1) is 6.12. The standard InChI is InChI=1S/C11H22FN/c1-10(2)5-3-6-11(12)7-4-8-13-9-11/h10,13H,3-9H2,1-2H3. The Labute approximate surface area is 81.1 Å². The number of rotatable bonds is 4. The molecule has 1 nitrogen and oxygen atoms in total. The molecule has 0 aromatic rings. The molecular weight excluding hydrogens is 165 g/mol.